The average Bonchev–Trinajstić information content (AvgIpc) is 2.29. The largest absolute Gasteiger partial charge is 0.480 e. The molecule has 0 bridgehead atoms. The summed E-state index contributed by atoms with van der Waals surface area (Å²) in [6.07, 6.45) is 0. The fraction of sp³-hybridized carbons (Fsp3) is 0.778. The summed E-state index contributed by atoms with van der Waals surface area (Å²) in [6, 6.07) is -0.326. The van der Waals surface area contributed by atoms with Gasteiger partial charge in [0.25, 0.3) is 0 Å². The van der Waals surface area contributed by atoms with E-state index >= 15 is 0 Å². The lowest BCUT2D eigenvalue weighted by Crippen LogP contribution is -2.51. The lowest BCUT2D eigenvalue weighted by Gasteiger charge is -2.22. The fourth-order valence-corrected chi connectivity index (χ4v) is 1.26. The molecule has 0 aromatic heterocycles. The topological polar surface area (TPSA) is 96.9 Å². The Kier molecular flexibility index (Phi) is 5.76. The molecular formula is C9H16N2O5. The van der Waals surface area contributed by atoms with E-state index in [1.165, 1.54) is 0 Å². The Balaban J connectivity index is 2.03. The van der Waals surface area contributed by atoms with Gasteiger partial charge in [0.2, 0.25) is 5.91 Å². The molecule has 1 aliphatic rings. The van der Waals surface area contributed by atoms with E-state index in [1.54, 1.807) is 0 Å². The second-order valence-corrected chi connectivity index (χ2v) is 3.32. The van der Waals surface area contributed by atoms with E-state index in [2.05, 4.69) is 10.6 Å². The van der Waals surface area contributed by atoms with Crippen molar-refractivity contribution in [2.24, 2.45) is 0 Å². The quantitative estimate of drug-likeness (QED) is 0.467. The Morgan fingerprint density at radius 1 is 1.56 bits per heavy atom. The van der Waals surface area contributed by atoms with Crippen LogP contribution >= 0.6 is 0 Å². The van der Waals surface area contributed by atoms with Crippen LogP contribution in [0.15, 0.2) is 0 Å². The van der Waals surface area contributed by atoms with Crippen molar-refractivity contribution in [3.8, 4) is 0 Å². The van der Waals surface area contributed by atoms with Gasteiger partial charge in [0, 0.05) is 13.1 Å². The van der Waals surface area contributed by atoms with Gasteiger partial charge in [0.05, 0.1) is 19.8 Å². The average molecular weight is 232 g/mol. The summed E-state index contributed by atoms with van der Waals surface area (Å²) >= 11 is 0. The molecular weight excluding hydrogens is 216 g/mol. The van der Waals surface area contributed by atoms with E-state index in [1.807, 2.05) is 0 Å². The molecule has 1 unspecified atom stereocenters. The number of rotatable bonds is 6. The van der Waals surface area contributed by atoms with Crippen molar-refractivity contribution >= 4 is 11.9 Å². The van der Waals surface area contributed by atoms with Gasteiger partial charge in [-0.1, -0.05) is 0 Å². The summed E-state index contributed by atoms with van der Waals surface area (Å²) in [7, 11) is 0. The molecule has 0 aromatic carbocycles. The van der Waals surface area contributed by atoms with E-state index < -0.39 is 5.97 Å². The number of carboxylic acid groups (broad SMARTS) is 1. The van der Waals surface area contributed by atoms with Crippen LogP contribution < -0.4 is 10.6 Å². The monoisotopic (exact) mass is 232 g/mol. The molecule has 1 amide bonds. The van der Waals surface area contributed by atoms with Gasteiger partial charge in [0.15, 0.2) is 0 Å². The van der Waals surface area contributed by atoms with Crippen LogP contribution in [-0.2, 0) is 19.1 Å². The first-order valence-electron chi connectivity index (χ1n) is 5.08. The Morgan fingerprint density at radius 3 is 3.00 bits per heavy atom. The normalized spacial score (nSPS) is 20.4. The molecule has 0 aromatic rings. The SMILES string of the molecule is O=C(O)COCCNC(=O)C1COCCN1. The van der Waals surface area contributed by atoms with Gasteiger partial charge in [-0.05, 0) is 0 Å². The van der Waals surface area contributed by atoms with Gasteiger partial charge < -0.3 is 25.2 Å². The van der Waals surface area contributed by atoms with Crippen LogP contribution in [0.5, 0.6) is 0 Å². The predicted molar refractivity (Wildman–Crippen MR) is 54.1 cm³/mol. The molecule has 92 valence electrons. The summed E-state index contributed by atoms with van der Waals surface area (Å²) in [5, 5.41) is 13.9. The minimum Gasteiger partial charge on any atom is -0.480 e. The van der Waals surface area contributed by atoms with Gasteiger partial charge in [-0.25, -0.2) is 4.79 Å². The van der Waals surface area contributed by atoms with Crippen molar-refractivity contribution in [2.45, 2.75) is 6.04 Å². The molecule has 0 spiro atoms. The van der Waals surface area contributed by atoms with Crippen molar-refractivity contribution in [3.05, 3.63) is 0 Å². The summed E-state index contributed by atoms with van der Waals surface area (Å²) in [4.78, 5) is 21.6. The van der Waals surface area contributed by atoms with Crippen molar-refractivity contribution in [1.29, 1.82) is 0 Å². The van der Waals surface area contributed by atoms with Gasteiger partial charge >= 0.3 is 5.97 Å². The van der Waals surface area contributed by atoms with E-state index in [-0.39, 0.29) is 25.2 Å². The molecule has 1 rings (SSSR count). The molecule has 7 heteroatoms. The number of aliphatic carboxylic acids is 1. The smallest absolute Gasteiger partial charge is 0.329 e. The zero-order valence-corrected chi connectivity index (χ0v) is 8.90. The molecule has 7 nitrogen and oxygen atoms in total. The van der Waals surface area contributed by atoms with Crippen molar-refractivity contribution in [1.82, 2.24) is 10.6 Å². The Morgan fingerprint density at radius 2 is 2.38 bits per heavy atom. The minimum atomic E-state index is -1.02. The summed E-state index contributed by atoms with van der Waals surface area (Å²) in [5.74, 6) is -1.17. The highest BCUT2D eigenvalue weighted by atomic mass is 16.5. The molecule has 1 fully saturated rings. The maximum absolute atomic E-state index is 11.5. The van der Waals surface area contributed by atoms with E-state index in [0.29, 0.717) is 26.3 Å². The zero-order chi connectivity index (χ0) is 11.8. The molecule has 0 saturated carbocycles. The van der Waals surface area contributed by atoms with Crippen molar-refractivity contribution in [3.63, 3.8) is 0 Å². The molecule has 0 aliphatic carbocycles. The standard InChI is InChI=1S/C9H16N2O5/c12-8(13)6-16-4-2-11-9(14)7-5-15-3-1-10-7/h7,10H,1-6H2,(H,11,14)(H,12,13). The van der Waals surface area contributed by atoms with Crippen LogP contribution in [0.25, 0.3) is 0 Å². The minimum absolute atomic E-state index is 0.154. The van der Waals surface area contributed by atoms with E-state index in [9.17, 15) is 9.59 Å². The first-order valence-corrected chi connectivity index (χ1v) is 5.08. The molecule has 1 atom stereocenters. The summed E-state index contributed by atoms with van der Waals surface area (Å²) in [6.45, 7) is 1.78. The first-order chi connectivity index (χ1) is 7.70. The van der Waals surface area contributed by atoms with Crippen LogP contribution in [0.2, 0.25) is 0 Å². The Hall–Kier alpha value is -1.18. The molecule has 1 heterocycles. The number of hydrogen-bond donors (Lipinski definition) is 3. The predicted octanol–water partition coefficient (Wildman–Crippen LogP) is -1.81. The second kappa shape index (κ2) is 7.15. The number of hydrogen-bond acceptors (Lipinski definition) is 5. The number of carbonyl (C=O) groups excluding carboxylic acids is 1. The lowest BCUT2D eigenvalue weighted by atomic mass is 10.2. The van der Waals surface area contributed by atoms with Gasteiger partial charge in [0.1, 0.15) is 12.6 Å². The number of ether oxygens (including phenoxy) is 2. The third-order valence-corrected chi connectivity index (χ3v) is 2.01. The summed E-state index contributed by atoms with van der Waals surface area (Å²) < 4.78 is 9.90. The first kappa shape index (κ1) is 12.9. The van der Waals surface area contributed by atoms with Gasteiger partial charge in [-0.15, -0.1) is 0 Å². The molecule has 1 aliphatic heterocycles. The fourth-order valence-electron chi connectivity index (χ4n) is 1.26. The number of carboxylic acids is 1. The van der Waals surface area contributed by atoms with Crippen LogP contribution in [0.3, 0.4) is 0 Å². The third-order valence-electron chi connectivity index (χ3n) is 2.01. The van der Waals surface area contributed by atoms with Crippen LogP contribution in [0.4, 0.5) is 0 Å². The lowest BCUT2D eigenvalue weighted by molar-refractivity contribution is -0.142. The van der Waals surface area contributed by atoms with Gasteiger partial charge in [-0.2, -0.15) is 0 Å². The van der Waals surface area contributed by atoms with Crippen molar-refractivity contribution in [2.75, 3.05) is 39.5 Å². The number of amides is 1. The number of carbonyl (C=O) groups is 2. The maximum Gasteiger partial charge on any atom is 0.329 e. The highest BCUT2D eigenvalue weighted by molar-refractivity contribution is 5.81. The highest BCUT2D eigenvalue weighted by Gasteiger charge is 2.20. The Bertz CT molecular complexity index is 240. The molecule has 3 N–H and O–H groups in total. The number of nitrogens with one attached hydrogen (secondary N) is 2. The van der Waals surface area contributed by atoms with Crippen LogP contribution in [0, 0.1) is 0 Å². The molecule has 0 radical (unpaired) electrons. The zero-order valence-electron chi connectivity index (χ0n) is 8.90. The van der Waals surface area contributed by atoms with Crippen LogP contribution in [-0.4, -0.2) is 62.5 Å². The molecule has 16 heavy (non-hydrogen) atoms. The number of morpholine rings is 1. The highest BCUT2D eigenvalue weighted by Crippen LogP contribution is 1.92. The third kappa shape index (κ3) is 5.06. The van der Waals surface area contributed by atoms with Crippen LogP contribution in [0.1, 0.15) is 0 Å². The van der Waals surface area contributed by atoms with E-state index in [0.717, 1.165) is 0 Å². The van der Waals surface area contributed by atoms with E-state index in [4.69, 9.17) is 14.6 Å². The molecule has 1 saturated heterocycles. The summed E-state index contributed by atoms with van der Waals surface area (Å²) in [5.41, 5.74) is 0. The van der Waals surface area contributed by atoms with Gasteiger partial charge in [-0.3, -0.25) is 4.79 Å². The van der Waals surface area contributed by atoms with Crippen molar-refractivity contribution < 1.29 is 24.2 Å². The Labute approximate surface area is 93.1 Å². The maximum atomic E-state index is 11.5. The second-order valence-electron chi connectivity index (χ2n) is 3.32.